The molecule has 0 radical (unpaired) electrons. The van der Waals surface area contributed by atoms with Crippen molar-refractivity contribution in [2.75, 3.05) is 12.0 Å². The minimum atomic E-state index is -0.820. The maximum Gasteiger partial charge on any atom is 0.263 e. The fourth-order valence-corrected chi connectivity index (χ4v) is 5.62. The Kier molecular flexibility index (Phi) is 5.86. The first-order valence-corrected chi connectivity index (χ1v) is 12.7. The molecule has 38 heavy (non-hydrogen) atoms. The monoisotopic (exact) mass is 515 g/mol. The number of aromatic nitrogens is 1. The summed E-state index contributed by atoms with van der Waals surface area (Å²) in [5, 5.41) is 0. The number of methoxy groups -OCH3 is 1. The maximum atomic E-state index is 13.6. The van der Waals surface area contributed by atoms with Gasteiger partial charge in [-0.25, -0.2) is 4.98 Å². The number of imide groups is 1. The predicted molar refractivity (Wildman–Crippen MR) is 136 cm³/mol. The lowest BCUT2D eigenvalue weighted by molar-refractivity contribution is 0.0642. The van der Waals surface area contributed by atoms with Crippen molar-refractivity contribution in [2.24, 2.45) is 0 Å². The number of pyridine rings is 1. The van der Waals surface area contributed by atoms with E-state index in [4.69, 9.17) is 9.47 Å². The van der Waals surface area contributed by atoms with Crippen LogP contribution in [0, 0.1) is 5.95 Å². The number of carbonyl (C=O) groups is 3. The van der Waals surface area contributed by atoms with Crippen LogP contribution in [0.5, 0.6) is 11.5 Å². The van der Waals surface area contributed by atoms with E-state index in [0.717, 1.165) is 48.4 Å². The van der Waals surface area contributed by atoms with Crippen molar-refractivity contribution < 1.29 is 28.2 Å². The number of hydrogen-bond acceptors (Lipinski definition) is 6. The van der Waals surface area contributed by atoms with Crippen LogP contribution in [0.15, 0.2) is 48.7 Å². The first-order valence-electron chi connectivity index (χ1n) is 12.7. The molecule has 9 heteroatoms. The molecule has 0 N–H and O–H groups in total. The van der Waals surface area contributed by atoms with Gasteiger partial charge in [0.05, 0.1) is 36.9 Å². The predicted octanol–water partition coefficient (Wildman–Crippen LogP) is 5.07. The second-order valence-electron chi connectivity index (χ2n) is 9.88. The summed E-state index contributed by atoms with van der Waals surface area (Å²) in [4.78, 5) is 45.4. The second-order valence-corrected chi connectivity index (χ2v) is 9.88. The normalized spacial score (nSPS) is 18.8. The number of carbonyl (C=O) groups excluding carboxylic acids is 3. The molecule has 1 unspecified atom stereocenters. The molecule has 0 saturated heterocycles. The molecule has 3 aliphatic rings. The van der Waals surface area contributed by atoms with E-state index in [1.807, 2.05) is 31.2 Å². The third kappa shape index (κ3) is 3.89. The average molecular weight is 516 g/mol. The highest BCUT2D eigenvalue weighted by molar-refractivity contribution is 6.21. The highest BCUT2D eigenvalue weighted by Gasteiger charge is 2.38. The van der Waals surface area contributed by atoms with Gasteiger partial charge < -0.3 is 14.4 Å². The first kappa shape index (κ1) is 24.1. The molecule has 194 valence electrons. The maximum absolute atomic E-state index is 13.6. The van der Waals surface area contributed by atoms with Gasteiger partial charge in [-0.1, -0.05) is 12.1 Å². The van der Waals surface area contributed by atoms with Crippen LogP contribution in [-0.4, -0.2) is 40.8 Å². The number of ether oxygens (including phenoxy) is 2. The van der Waals surface area contributed by atoms with Gasteiger partial charge in [0, 0.05) is 29.6 Å². The molecule has 1 atom stereocenters. The molecule has 6 rings (SSSR count). The highest BCUT2D eigenvalue weighted by Crippen LogP contribution is 2.42. The molecule has 0 spiro atoms. The standard InChI is InChI=1S/C29H26FN3O5/c1-16-20-9-7-17(15-32-27(34)22-13-26(30)31-14-23(22)28(32)35)11-21(20)29(36)33(16)18-8-10-24(37-2)25(12-18)38-19-5-3-4-6-19/h7-14,16,19H,3-6,15H2,1-2H3. The van der Waals surface area contributed by atoms with Crippen LogP contribution in [0.1, 0.15) is 80.8 Å². The first-order chi connectivity index (χ1) is 18.4. The molecule has 8 nitrogen and oxygen atoms in total. The van der Waals surface area contributed by atoms with Crippen molar-refractivity contribution in [3.8, 4) is 11.5 Å². The second kappa shape index (κ2) is 9.24. The van der Waals surface area contributed by atoms with Gasteiger partial charge in [-0.2, -0.15) is 4.39 Å². The minimum absolute atomic E-state index is 0.00494. The van der Waals surface area contributed by atoms with Gasteiger partial charge in [0.2, 0.25) is 5.95 Å². The Labute approximate surface area is 219 Å². The lowest BCUT2D eigenvalue weighted by atomic mass is 10.0. The van der Waals surface area contributed by atoms with Crippen LogP contribution < -0.4 is 14.4 Å². The lowest BCUT2D eigenvalue weighted by Crippen LogP contribution is -2.29. The van der Waals surface area contributed by atoms with Crippen LogP contribution in [0.4, 0.5) is 10.1 Å². The molecule has 1 saturated carbocycles. The quantitative estimate of drug-likeness (QED) is 0.337. The van der Waals surface area contributed by atoms with E-state index in [1.54, 1.807) is 24.1 Å². The Morgan fingerprint density at radius 3 is 2.45 bits per heavy atom. The molecular weight excluding hydrogens is 489 g/mol. The van der Waals surface area contributed by atoms with Crippen molar-refractivity contribution in [1.29, 1.82) is 0 Å². The Morgan fingerprint density at radius 1 is 0.921 bits per heavy atom. The minimum Gasteiger partial charge on any atom is -0.493 e. The summed E-state index contributed by atoms with van der Waals surface area (Å²) in [6.07, 6.45) is 5.50. The number of amides is 3. The molecule has 2 aromatic carbocycles. The number of benzene rings is 2. The summed E-state index contributed by atoms with van der Waals surface area (Å²) in [6, 6.07) is 11.6. The topological polar surface area (TPSA) is 89.0 Å². The Morgan fingerprint density at radius 2 is 1.68 bits per heavy atom. The number of nitrogens with zero attached hydrogens (tertiary/aromatic N) is 3. The largest absolute Gasteiger partial charge is 0.493 e. The summed E-state index contributed by atoms with van der Waals surface area (Å²) in [5.74, 6) is -0.881. The zero-order chi connectivity index (χ0) is 26.6. The summed E-state index contributed by atoms with van der Waals surface area (Å²) in [7, 11) is 1.60. The van der Waals surface area contributed by atoms with Gasteiger partial charge in [0.1, 0.15) is 0 Å². The van der Waals surface area contributed by atoms with E-state index >= 15 is 0 Å². The van der Waals surface area contributed by atoms with E-state index in [0.29, 0.717) is 28.3 Å². The smallest absolute Gasteiger partial charge is 0.263 e. The highest BCUT2D eigenvalue weighted by atomic mass is 19.1. The molecule has 3 aromatic rings. The van der Waals surface area contributed by atoms with Gasteiger partial charge in [-0.15, -0.1) is 0 Å². The molecule has 1 aromatic heterocycles. The summed E-state index contributed by atoms with van der Waals surface area (Å²) >= 11 is 0. The summed E-state index contributed by atoms with van der Waals surface area (Å²) < 4.78 is 25.3. The van der Waals surface area contributed by atoms with Gasteiger partial charge in [0.15, 0.2) is 11.5 Å². The fraction of sp³-hybridized carbons (Fsp3) is 0.310. The van der Waals surface area contributed by atoms with E-state index in [9.17, 15) is 18.8 Å². The Balaban J connectivity index is 1.26. The zero-order valence-corrected chi connectivity index (χ0v) is 21.1. The molecular formula is C29H26FN3O5. The van der Waals surface area contributed by atoms with Crippen molar-refractivity contribution in [3.05, 3.63) is 82.4 Å². The Hall–Kier alpha value is -4.27. The molecule has 3 heterocycles. The van der Waals surface area contributed by atoms with Crippen molar-refractivity contribution in [2.45, 2.75) is 51.3 Å². The van der Waals surface area contributed by atoms with Crippen LogP contribution in [0.2, 0.25) is 0 Å². The number of fused-ring (bicyclic) bond motifs is 2. The van der Waals surface area contributed by atoms with E-state index in [1.165, 1.54) is 0 Å². The SMILES string of the molecule is COc1ccc(N2C(=O)c3cc(CN4C(=O)c5cnc(F)cc5C4=O)ccc3C2C)cc1OC1CCCC1. The fourth-order valence-electron chi connectivity index (χ4n) is 5.62. The number of anilines is 1. The number of rotatable bonds is 6. The lowest BCUT2D eigenvalue weighted by Gasteiger charge is -2.24. The van der Waals surface area contributed by atoms with Gasteiger partial charge >= 0.3 is 0 Å². The van der Waals surface area contributed by atoms with Crippen molar-refractivity contribution in [3.63, 3.8) is 0 Å². The van der Waals surface area contributed by atoms with Crippen molar-refractivity contribution in [1.82, 2.24) is 9.88 Å². The third-order valence-electron chi connectivity index (χ3n) is 7.59. The van der Waals surface area contributed by atoms with Crippen LogP contribution in [-0.2, 0) is 6.54 Å². The molecule has 0 bridgehead atoms. The molecule has 3 amide bonds. The summed E-state index contributed by atoms with van der Waals surface area (Å²) in [5.41, 5.74) is 2.74. The van der Waals surface area contributed by atoms with Crippen LogP contribution in [0.25, 0.3) is 0 Å². The Bertz CT molecular complexity index is 1480. The van der Waals surface area contributed by atoms with Crippen LogP contribution >= 0.6 is 0 Å². The van der Waals surface area contributed by atoms with Gasteiger partial charge in [0.25, 0.3) is 17.7 Å². The van der Waals surface area contributed by atoms with Crippen molar-refractivity contribution >= 4 is 23.4 Å². The van der Waals surface area contributed by atoms with Crippen LogP contribution in [0.3, 0.4) is 0 Å². The molecule has 1 fully saturated rings. The average Bonchev–Trinajstić information content (AvgIpc) is 3.57. The van der Waals surface area contributed by atoms with E-state index in [-0.39, 0.29) is 35.7 Å². The summed E-state index contributed by atoms with van der Waals surface area (Å²) in [6.45, 7) is 1.92. The molecule has 2 aliphatic heterocycles. The zero-order valence-electron chi connectivity index (χ0n) is 21.1. The number of halogens is 1. The van der Waals surface area contributed by atoms with Gasteiger partial charge in [-0.05, 0) is 61.9 Å². The van der Waals surface area contributed by atoms with E-state index in [2.05, 4.69) is 4.98 Å². The number of hydrogen-bond donors (Lipinski definition) is 0. The van der Waals surface area contributed by atoms with Gasteiger partial charge in [-0.3, -0.25) is 19.3 Å². The molecule has 1 aliphatic carbocycles. The van der Waals surface area contributed by atoms with E-state index < -0.39 is 17.8 Å². The third-order valence-corrected chi connectivity index (χ3v) is 7.59.